The van der Waals surface area contributed by atoms with Crippen LogP contribution in [0, 0.1) is 17.5 Å². The molecular formula is C16H14F3NO. The zero-order valence-corrected chi connectivity index (χ0v) is 11.4. The quantitative estimate of drug-likeness (QED) is 0.836. The summed E-state index contributed by atoms with van der Waals surface area (Å²) in [4.78, 5) is 12.0. The predicted octanol–water partition coefficient (Wildman–Crippen LogP) is 4.31. The third kappa shape index (κ3) is 3.42. The van der Waals surface area contributed by atoms with Crippen molar-refractivity contribution in [1.82, 2.24) is 0 Å². The van der Waals surface area contributed by atoms with E-state index in [1.54, 1.807) is 12.1 Å². The Morgan fingerprint density at radius 2 is 1.71 bits per heavy atom. The monoisotopic (exact) mass is 293 g/mol. The van der Waals surface area contributed by atoms with E-state index in [9.17, 15) is 18.0 Å². The first-order valence-corrected chi connectivity index (χ1v) is 6.56. The van der Waals surface area contributed by atoms with Gasteiger partial charge in [0.15, 0.2) is 17.5 Å². The number of hydrogen-bond acceptors (Lipinski definition) is 1. The van der Waals surface area contributed by atoms with E-state index in [4.69, 9.17) is 0 Å². The summed E-state index contributed by atoms with van der Waals surface area (Å²) in [6.45, 7) is 2.00. The van der Waals surface area contributed by atoms with E-state index in [0.717, 1.165) is 18.4 Å². The second-order valence-corrected chi connectivity index (χ2v) is 4.62. The molecule has 0 saturated carbocycles. The number of para-hydroxylation sites is 1. The van der Waals surface area contributed by atoms with Crippen LogP contribution >= 0.6 is 0 Å². The third-order valence-electron chi connectivity index (χ3n) is 3.03. The maximum absolute atomic E-state index is 13.1. The topological polar surface area (TPSA) is 29.1 Å². The SMILES string of the molecule is CCCc1ccccc1NC(=O)c1cc(F)c(F)c(F)c1. The average Bonchev–Trinajstić information content (AvgIpc) is 2.46. The summed E-state index contributed by atoms with van der Waals surface area (Å²) in [7, 11) is 0. The van der Waals surface area contributed by atoms with Crippen LogP contribution in [0.5, 0.6) is 0 Å². The zero-order chi connectivity index (χ0) is 15.4. The molecule has 0 fully saturated rings. The summed E-state index contributed by atoms with van der Waals surface area (Å²) in [5.41, 5.74) is 1.24. The fourth-order valence-electron chi connectivity index (χ4n) is 2.01. The summed E-state index contributed by atoms with van der Waals surface area (Å²) in [5.74, 6) is -5.04. The molecule has 0 radical (unpaired) electrons. The van der Waals surface area contributed by atoms with Crippen molar-refractivity contribution in [3.8, 4) is 0 Å². The Bertz CT molecular complexity index is 647. The molecule has 2 rings (SSSR count). The van der Waals surface area contributed by atoms with Gasteiger partial charge in [0.05, 0.1) is 0 Å². The van der Waals surface area contributed by atoms with Crippen molar-refractivity contribution in [1.29, 1.82) is 0 Å². The van der Waals surface area contributed by atoms with Gasteiger partial charge in [-0.1, -0.05) is 31.5 Å². The lowest BCUT2D eigenvalue weighted by Crippen LogP contribution is -2.14. The first-order valence-electron chi connectivity index (χ1n) is 6.56. The number of anilines is 1. The molecule has 0 aliphatic rings. The number of nitrogens with one attached hydrogen (secondary N) is 1. The lowest BCUT2D eigenvalue weighted by Gasteiger charge is -2.10. The Morgan fingerprint density at radius 3 is 2.33 bits per heavy atom. The highest BCUT2D eigenvalue weighted by molar-refractivity contribution is 6.04. The van der Waals surface area contributed by atoms with E-state index in [1.807, 2.05) is 19.1 Å². The minimum atomic E-state index is -1.59. The zero-order valence-electron chi connectivity index (χ0n) is 11.4. The number of carbonyl (C=O) groups is 1. The van der Waals surface area contributed by atoms with E-state index in [0.29, 0.717) is 17.8 Å². The largest absolute Gasteiger partial charge is 0.322 e. The minimum Gasteiger partial charge on any atom is -0.322 e. The highest BCUT2D eigenvalue weighted by Gasteiger charge is 2.15. The summed E-state index contributed by atoms with van der Waals surface area (Å²) < 4.78 is 39.2. The molecule has 0 atom stereocenters. The van der Waals surface area contributed by atoms with Crippen LogP contribution in [-0.4, -0.2) is 5.91 Å². The summed E-state index contributed by atoms with van der Waals surface area (Å²) >= 11 is 0. The second kappa shape index (κ2) is 6.43. The van der Waals surface area contributed by atoms with Gasteiger partial charge in [-0.15, -0.1) is 0 Å². The molecule has 0 spiro atoms. The minimum absolute atomic E-state index is 0.266. The van der Waals surface area contributed by atoms with Crippen molar-refractivity contribution in [2.75, 3.05) is 5.32 Å². The molecule has 1 N–H and O–H groups in total. The van der Waals surface area contributed by atoms with Crippen LogP contribution in [0.3, 0.4) is 0 Å². The first-order chi connectivity index (χ1) is 10.0. The number of halogens is 3. The van der Waals surface area contributed by atoms with Gasteiger partial charge in [0.2, 0.25) is 0 Å². The van der Waals surface area contributed by atoms with Gasteiger partial charge in [0.1, 0.15) is 0 Å². The fraction of sp³-hybridized carbons (Fsp3) is 0.188. The lowest BCUT2D eigenvalue weighted by molar-refractivity contribution is 0.102. The molecule has 0 saturated heterocycles. The van der Waals surface area contributed by atoms with Crippen LogP contribution in [0.2, 0.25) is 0 Å². The van der Waals surface area contributed by atoms with Gasteiger partial charge in [-0.25, -0.2) is 13.2 Å². The second-order valence-electron chi connectivity index (χ2n) is 4.62. The number of carbonyl (C=O) groups excluding carboxylic acids is 1. The maximum Gasteiger partial charge on any atom is 0.255 e. The Hall–Kier alpha value is -2.30. The van der Waals surface area contributed by atoms with Gasteiger partial charge in [-0.3, -0.25) is 4.79 Å². The molecule has 5 heteroatoms. The highest BCUT2D eigenvalue weighted by Crippen LogP contribution is 2.19. The van der Waals surface area contributed by atoms with Crippen molar-refractivity contribution >= 4 is 11.6 Å². The molecule has 21 heavy (non-hydrogen) atoms. The summed E-state index contributed by atoms with van der Waals surface area (Å²) in [6.07, 6.45) is 1.66. The number of rotatable bonds is 4. The molecule has 2 nitrogen and oxygen atoms in total. The maximum atomic E-state index is 13.1. The average molecular weight is 293 g/mol. The lowest BCUT2D eigenvalue weighted by atomic mass is 10.1. The molecule has 1 amide bonds. The van der Waals surface area contributed by atoms with E-state index >= 15 is 0 Å². The number of amides is 1. The van der Waals surface area contributed by atoms with Crippen LogP contribution in [0.1, 0.15) is 29.3 Å². The number of aryl methyl sites for hydroxylation is 1. The Kier molecular flexibility index (Phi) is 4.62. The number of benzene rings is 2. The smallest absolute Gasteiger partial charge is 0.255 e. The van der Waals surface area contributed by atoms with E-state index in [-0.39, 0.29) is 5.56 Å². The molecular weight excluding hydrogens is 279 g/mol. The Balaban J connectivity index is 2.26. The fourth-order valence-corrected chi connectivity index (χ4v) is 2.01. The van der Waals surface area contributed by atoms with Crippen LogP contribution in [0.25, 0.3) is 0 Å². The van der Waals surface area contributed by atoms with E-state index in [1.165, 1.54) is 0 Å². The van der Waals surface area contributed by atoms with E-state index in [2.05, 4.69) is 5.32 Å². The predicted molar refractivity (Wildman–Crippen MR) is 74.7 cm³/mol. The Morgan fingerprint density at radius 1 is 1.10 bits per heavy atom. The van der Waals surface area contributed by atoms with Gasteiger partial charge in [-0.2, -0.15) is 0 Å². The van der Waals surface area contributed by atoms with Crippen molar-refractivity contribution < 1.29 is 18.0 Å². The molecule has 0 bridgehead atoms. The van der Waals surface area contributed by atoms with Crippen molar-refractivity contribution in [2.45, 2.75) is 19.8 Å². The standard InChI is InChI=1S/C16H14F3NO/c1-2-5-10-6-3-4-7-14(10)20-16(21)11-8-12(17)15(19)13(18)9-11/h3-4,6-9H,2,5H2,1H3,(H,20,21). The van der Waals surface area contributed by atoms with Gasteiger partial charge in [0.25, 0.3) is 5.91 Å². The Labute approximate surface area is 120 Å². The molecule has 110 valence electrons. The van der Waals surface area contributed by atoms with Gasteiger partial charge >= 0.3 is 0 Å². The normalized spacial score (nSPS) is 10.5. The molecule has 0 heterocycles. The molecule has 2 aromatic rings. The van der Waals surface area contributed by atoms with Crippen molar-refractivity contribution in [3.63, 3.8) is 0 Å². The summed E-state index contributed by atoms with van der Waals surface area (Å²) in [5, 5.41) is 2.59. The van der Waals surface area contributed by atoms with Crippen LogP contribution in [0.15, 0.2) is 36.4 Å². The molecule has 0 unspecified atom stereocenters. The van der Waals surface area contributed by atoms with Crippen molar-refractivity contribution in [3.05, 3.63) is 65.0 Å². The third-order valence-corrected chi connectivity index (χ3v) is 3.03. The molecule has 0 aliphatic heterocycles. The molecule has 0 aromatic heterocycles. The highest BCUT2D eigenvalue weighted by atomic mass is 19.2. The van der Waals surface area contributed by atoms with E-state index < -0.39 is 23.4 Å². The molecule has 2 aromatic carbocycles. The number of hydrogen-bond donors (Lipinski definition) is 1. The van der Waals surface area contributed by atoms with Crippen molar-refractivity contribution in [2.24, 2.45) is 0 Å². The van der Waals surface area contributed by atoms with Gasteiger partial charge < -0.3 is 5.32 Å². The van der Waals surface area contributed by atoms with Gasteiger partial charge in [-0.05, 0) is 30.2 Å². The van der Waals surface area contributed by atoms with Gasteiger partial charge in [0, 0.05) is 11.3 Å². The van der Waals surface area contributed by atoms with Crippen LogP contribution < -0.4 is 5.32 Å². The summed E-state index contributed by atoms with van der Waals surface area (Å²) in [6, 6.07) is 8.52. The first kappa shape index (κ1) is 15.1. The van der Waals surface area contributed by atoms with Crippen LogP contribution in [-0.2, 0) is 6.42 Å². The van der Waals surface area contributed by atoms with Crippen LogP contribution in [0.4, 0.5) is 18.9 Å². The molecule has 0 aliphatic carbocycles.